The van der Waals surface area contributed by atoms with E-state index in [2.05, 4.69) is 6.08 Å². The quantitative estimate of drug-likeness (QED) is 0.599. The van der Waals surface area contributed by atoms with Crippen molar-refractivity contribution >= 4 is 5.97 Å². The molecule has 2 nitrogen and oxygen atoms in total. The Labute approximate surface area is 109 Å². The van der Waals surface area contributed by atoms with Gasteiger partial charge in [0.25, 0.3) is 0 Å². The second kappa shape index (κ2) is 7.00. The second-order valence-electron chi connectivity index (χ2n) is 4.76. The Kier molecular flexibility index (Phi) is 5.00. The Morgan fingerprint density at radius 3 is 2.83 bits per heavy atom. The van der Waals surface area contributed by atoms with E-state index < -0.39 is 0 Å². The average molecular weight is 244 g/mol. The summed E-state index contributed by atoms with van der Waals surface area (Å²) in [6.45, 7) is 0. The summed E-state index contributed by atoms with van der Waals surface area (Å²) in [4.78, 5) is 11.8. The van der Waals surface area contributed by atoms with E-state index in [0.717, 1.165) is 24.8 Å². The van der Waals surface area contributed by atoms with Crippen molar-refractivity contribution in [3.8, 4) is 0 Å². The molecule has 1 atom stereocenters. The van der Waals surface area contributed by atoms with Crippen molar-refractivity contribution in [1.29, 1.82) is 0 Å². The predicted molar refractivity (Wildman–Crippen MR) is 72.3 cm³/mol. The van der Waals surface area contributed by atoms with Gasteiger partial charge in [0.05, 0.1) is 6.42 Å². The lowest BCUT2D eigenvalue weighted by Crippen LogP contribution is -2.18. The number of hydrogen-bond donors (Lipinski definition) is 0. The number of hydrogen-bond acceptors (Lipinski definition) is 2. The van der Waals surface area contributed by atoms with Gasteiger partial charge in [0.15, 0.2) is 0 Å². The van der Waals surface area contributed by atoms with Crippen LogP contribution >= 0.6 is 0 Å². The molecule has 0 saturated heterocycles. The van der Waals surface area contributed by atoms with E-state index in [1.54, 1.807) is 0 Å². The standard InChI is InChI=1S/C16H20O2/c17-16(13-14-9-5-4-6-10-14)18-15-11-7-2-1-3-8-12-15/h4-7,9-11,15H,1-3,8,12-13H2/b11-7-. The monoisotopic (exact) mass is 244 g/mol. The number of carbonyl (C=O) groups excluding carboxylic acids is 1. The Bertz CT molecular complexity index is 395. The fourth-order valence-electron chi connectivity index (χ4n) is 2.20. The van der Waals surface area contributed by atoms with Gasteiger partial charge in [0.2, 0.25) is 0 Å². The molecule has 96 valence electrons. The number of ether oxygens (including phenoxy) is 1. The molecule has 1 unspecified atom stereocenters. The lowest BCUT2D eigenvalue weighted by Gasteiger charge is -2.16. The summed E-state index contributed by atoms with van der Waals surface area (Å²) < 4.78 is 5.51. The van der Waals surface area contributed by atoms with Gasteiger partial charge in [0, 0.05) is 0 Å². The van der Waals surface area contributed by atoms with E-state index in [-0.39, 0.29) is 12.1 Å². The fourth-order valence-corrected chi connectivity index (χ4v) is 2.20. The minimum absolute atomic E-state index is 0.0264. The third-order valence-corrected chi connectivity index (χ3v) is 3.18. The van der Waals surface area contributed by atoms with Gasteiger partial charge in [-0.15, -0.1) is 0 Å². The minimum Gasteiger partial charge on any atom is -0.458 e. The fraction of sp³-hybridized carbons (Fsp3) is 0.438. The number of carbonyl (C=O) groups is 1. The van der Waals surface area contributed by atoms with Crippen LogP contribution in [0.1, 0.15) is 37.7 Å². The molecule has 0 amide bonds. The molecule has 0 N–H and O–H groups in total. The van der Waals surface area contributed by atoms with Crippen molar-refractivity contribution in [2.24, 2.45) is 0 Å². The number of esters is 1. The van der Waals surface area contributed by atoms with Crippen LogP contribution < -0.4 is 0 Å². The SMILES string of the molecule is O=C(Cc1ccccc1)OC1/C=C\CCCCC1. The summed E-state index contributed by atoms with van der Waals surface area (Å²) in [6.07, 6.45) is 10.2. The molecular weight excluding hydrogens is 224 g/mol. The maximum Gasteiger partial charge on any atom is 0.310 e. The first-order chi connectivity index (χ1) is 8.84. The van der Waals surface area contributed by atoms with Crippen LogP contribution in [0.5, 0.6) is 0 Å². The first kappa shape index (κ1) is 12.9. The topological polar surface area (TPSA) is 26.3 Å². The molecule has 0 bridgehead atoms. The minimum atomic E-state index is -0.128. The Balaban J connectivity index is 1.84. The Morgan fingerprint density at radius 2 is 2.00 bits per heavy atom. The molecule has 0 aliphatic heterocycles. The van der Waals surface area contributed by atoms with E-state index in [9.17, 15) is 4.79 Å². The van der Waals surface area contributed by atoms with Gasteiger partial charge in [-0.05, 0) is 37.3 Å². The zero-order valence-electron chi connectivity index (χ0n) is 10.7. The Morgan fingerprint density at radius 1 is 1.17 bits per heavy atom. The molecule has 2 rings (SSSR count). The van der Waals surface area contributed by atoms with Gasteiger partial charge in [-0.3, -0.25) is 4.79 Å². The van der Waals surface area contributed by atoms with Crippen molar-refractivity contribution in [3.05, 3.63) is 48.0 Å². The largest absolute Gasteiger partial charge is 0.458 e. The first-order valence-corrected chi connectivity index (χ1v) is 6.74. The zero-order chi connectivity index (χ0) is 12.6. The molecule has 18 heavy (non-hydrogen) atoms. The van der Waals surface area contributed by atoms with E-state index >= 15 is 0 Å². The third-order valence-electron chi connectivity index (χ3n) is 3.18. The molecule has 1 aromatic rings. The first-order valence-electron chi connectivity index (χ1n) is 6.74. The van der Waals surface area contributed by atoms with Gasteiger partial charge in [-0.25, -0.2) is 0 Å². The van der Waals surface area contributed by atoms with Crippen molar-refractivity contribution in [2.75, 3.05) is 0 Å². The molecule has 0 spiro atoms. The van der Waals surface area contributed by atoms with Gasteiger partial charge in [-0.2, -0.15) is 0 Å². The van der Waals surface area contributed by atoms with Crippen LogP contribution in [-0.2, 0) is 16.0 Å². The van der Waals surface area contributed by atoms with Gasteiger partial charge >= 0.3 is 5.97 Å². The number of rotatable bonds is 3. The van der Waals surface area contributed by atoms with Crippen molar-refractivity contribution in [3.63, 3.8) is 0 Å². The molecule has 0 heterocycles. The zero-order valence-corrected chi connectivity index (χ0v) is 10.7. The summed E-state index contributed by atoms with van der Waals surface area (Å²) in [7, 11) is 0. The highest BCUT2D eigenvalue weighted by atomic mass is 16.5. The third kappa shape index (κ3) is 4.36. The van der Waals surface area contributed by atoms with Crippen LogP contribution in [0.2, 0.25) is 0 Å². The summed E-state index contributed by atoms with van der Waals surface area (Å²) in [6, 6.07) is 9.74. The number of benzene rings is 1. The van der Waals surface area contributed by atoms with Crippen LogP contribution in [0.25, 0.3) is 0 Å². The highest BCUT2D eigenvalue weighted by molar-refractivity contribution is 5.72. The normalized spacial score (nSPS) is 21.7. The van der Waals surface area contributed by atoms with E-state index in [1.807, 2.05) is 36.4 Å². The average Bonchev–Trinajstić information content (AvgIpc) is 2.34. The maximum atomic E-state index is 11.8. The molecule has 2 heteroatoms. The summed E-state index contributed by atoms with van der Waals surface area (Å²) in [5.74, 6) is -0.128. The predicted octanol–water partition coefficient (Wildman–Crippen LogP) is 3.66. The lowest BCUT2D eigenvalue weighted by molar-refractivity contribution is -0.146. The summed E-state index contributed by atoms with van der Waals surface area (Å²) >= 11 is 0. The summed E-state index contributed by atoms with van der Waals surface area (Å²) in [5, 5.41) is 0. The molecule has 0 radical (unpaired) electrons. The molecule has 0 aromatic heterocycles. The molecule has 0 fully saturated rings. The van der Waals surface area contributed by atoms with Crippen LogP contribution in [0.3, 0.4) is 0 Å². The van der Waals surface area contributed by atoms with Crippen molar-refractivity contribution in [2.45, 2.75) is 44.6 Å². The molecule has 1 aromatic carbocycles. The van der Waals surface area contributed by atoms with Gasteiger partial charge in [-0.1, -0.05) is 42.8 Å². The van der Waals surface area contributed by atoms with Gasteiger partial charge < -0.3 is 4.74 Å². The maximum absolute atomic E-state index is 11.8. The number of allylic oxidation sites excluding steroid dienone is 1. The van der Waals surface area contributed by atoms with Crippen molar-refractivity contribution < 1.29 is 9.53 Å². The Hall–Kier alpha value is -1.57. The second-order valence-corrected chi connectivity index (χ2v) is 4.76. The smallest absolute Gasteiger partial charge is 0.310 e. The van der Waals surface area contributed by atoms with E-state index in [0.29, 0.717) is 6.42 Å². The highest BCUT2D eigenvalue weighted by Gasteiger charge is 2.12. The van der Waals surface area contributed by atoms with Gasteiger partial charge in [0.1, 0.15) is 6.10 Å². The molecular formula is C16H20O2. The van der Waals surface area contributed by atoms with Crippen LogP contribution in [0.4, 0.5) is 0 Å². The lowest BCUT2D eigenvalue weighted by atomic mass is 10.0. The highest BCUT2D eigenvalue weighted by Crippen LogP contribution is 2.15. The van der Waals surface area contributed by atoms with E-state index in [1.165, 1.54) is 12.8 Å². The molecule has 1 aliphatic rings. The molecule has 1 aliphatic carbocycles. The van der Waals surface area contributed by atoms with Crippen LogP contribution in [-0.4, -0.2) is 12.1 Å². The van der Waals surface area contributed by atoms with Crippen LogP contribution in [0.15, 0.2) is 42.5 Å². The molecule has 0 saturated carbocycles. The van der Waals surface area contributed by atoms with E-state index in [4.69, 9.17) is 4.74 Å². The van der Waals surface area contributed by atoms with Crippen LogP contribution in [0, 0.1) is 0 Å². The van der Waals surface area contributed by atoms with Crippen molar-refractivity contribution in [1.82, 2.24) is 0 Å². The summed E-state index contributed by atoms with van der Waals surface area (Å²) in [5.41, 5.74) is 1.01.